The Hall–Kier alpha value is -0.100. The van der Waals surface area contributed by atoms with Gasteiger partial charge in [-0.15, -0.1) is 11.3 Å². The Bertz CT molecular complexity index is 346. The highest BCUT2D eigenvalue weighted by Gasteiger charge is 2.22. The topological polar surface area (TPSA) is 34.1 Å². The highest BCUT2D eigenvalue weighted by atomic mass is 32.2. The van der Waals surface area contributed by atoms with Gasteiger partial charge in [-0.05, 0) is 12.8 Å². The third-order valence-corrected chi connectivity index (χ3v) is 4.79. The fraction of sp³-hybridized carbons (Fsp3) is 0.727. The molecule has 1 saturated heterocycles. The summed E-state index contributed by atoms with van der Waals surface area (Å²) in [5, 5.41) is 6.80. The monoisotopic (exact) mass is 256 g/mol. The molecule has 1 atom stereocenters. The predicted octanol–water partition coefficient (Wildman–Crippen LogP) is 2.20. The third-order valence-electron chi connectivity index (χ3n) is 2.81. The summed E-state index contributed by atoms with van der Waals surface area (Å²) in [4.78, 5) is 4.65. The zero-order chi connectivity index (χ0) is 10.8. The van der Waals surface area contributed by atoms with Crippen LogP contribution in [-0.2, 0) is 11.3 Å². The number of thioether (sulfide) groups is 1. The van der Waals surface area contributed by atoms with E-state index < -0.39 is 0 Å². The van der Waals surface area contributed by atoms with Crippen molar-refractivity contribution in [3.63, 3.8) is 0 Å². The van der Waals surface area contributed by atoms with E-state index in [2.05, 4.69) is 15.7 Å². The van der Waals surface area contributed by atoms with Crippen molar-refractivity contribution in [1.82, 2.24) is 10.3 Å². The Labute approximate surface area is 104 Å². The smallest absolute Gasteiger partial charge is 0.123 e. The summed E-state index contributed by atoms with van der Waals surface area (Å²) in [6.45, 7) is 1.78. The van der Waals surface area contributed by atoms with Gasteiger partial charge in [-0.1, -0.05) is 0 Å². The second-order valence-corrected chi connectivity index (χ2v) is 6.31. The molecule has 1 aromatic rings. The van der Waals surface area contributed by atoms with E-state index >= 15 is 0 Å². The average molecular weight is 256 g/mol. The average Bonchev–Trinajstić information content (AvgIpc) is 3.05. The van der Waals surface area contributed by atoms with Gasteiger partial charge in [-0.3, -0.25) is 0 Å². The molecule has 16 heavy (non-hydrogen) atoms. The van der Waals surface area contributed by atoms with Crippen LogP contribution in [0.3, 0.4) is 0 Å². The summed E-state index contributed by atoms with van der Waals surface area (Å²) in [7, 11) is 0. The maximum Gasteiger partial charge on any atom is 0.123 e. The predicted molar refractivity (Wildman–Crippen MR) is 68.0 cm³/mol. The van der Waals surface area contributed by atoms with E-state index in [0.29, 0.717) is 0 Å². The summed E-state index contributed by atoms with van der Waals surface area (Å²) >= 11 is 3.70. The van der Waals surface area contributed by atoms with Crippen LogP contribution in [0, 0.1) is 0 Å². The van der Waals surface area contributed by atoms with Crippen molar-refractivity contribution < 1.29 is 4.74 Å². The molecule has 0 amide bonds. The Kier molecular flexibility index (Phi) is 3.47. The second kappa shape index (κ2) is 5.04. The second-order valence-electron chi connectivity index (χ2n) is 4.27. The molecule has 1 aliphatic heterocycles. The quantitative estimate of drug-likeness (QED) is 0.895. The van der Waals surface area contributed by atoms with E-state index in [9.17, 15) is 0 Å². The Morgan fingerprint density at radius 3 is 3.19 bits per heavy atom. The van der Waals surface area contributed by atoms with Gasteiger partial charge in [-0.2, -0.15) is 11.8 Å². The number of nitrogens with one attached hydrogen (secondary N) is 1. The number of hydrogen-bond donors (Lipinski definition) is 1. The van der Waals surface area contributed by atoms with E-state index in [4.69, 9.17) is 4.74 Å². The number of aromatic nitrogens is 1. The van der Waals surface area contributed by atoms with Gasteiger partial charge in [0.2, 0.25) is 0 Å². The van der Waals surface area contributed by atoms with Crippen LogP contribution in [0.25, 0.3) is 0 Å². The van der Waals surface area contributed by atoms with Crippen LogP contribution in [0.4, 0.5) is 0 Å². The Morgan fingerprint density at radius 2 is 2.44 bits per heavy atom. The molecule has 88 valence electrons. The molecule has 1 unspecified atom stereocenters. The third kappa shape index (κ3) is 2.77. The van der Waals surface area contributed by atoms with E-state index in [0.717, 1.165) is 35.7 Å². The van der Waals surface area contributed by atoms with E-state index in [-0.39, 0.29) is 6.10 Å². The number of rotatable bonds is 4. The van der Waals surface area contributed by atoms with Crippen LogP contribution < -0.4 is 5.32 Å². The Balaban J connectivity index is 1.57. The first-order chi connectivity index (χ1) is 7.92. The van der Waals surface area contributed by atoms with Gasteiger partial charge in [-0.25, -0.2) is 4.98 Å². The van der Waals surface area contributed by atoms with Crippen molar-refractivity contribution in [2.45, 2.75) is 31.5 Å². The van der Waals surface area contributed by atoms with Gasteiger partial charge in [0.15, 0.2) is 0 Å². The van der Waals surface area contributed by atoms with Gasteiger partial charge in [0.1, 0.15) is 11.1 Å². The molecule has 0 aromatic carbocycles. The maximum atomic E-state index is 5.72. The first kappa shape index (κ1) is 11.0. The number of ether oxygens (including phenoxy) is 1. The lowest BCUT2D eigenvalue weighted by Crippen LogP contribution is -2.17. The first-order valence-corrected chi connectivity index (χ1v) is 7.82. The van der Waals surface area contributed by atoms with Crippen molar-refractivity contribution in [3.05, 3.63) is 16.1 Å². The lowest BCUT2D eigenvalue weighted by Gasteiger charge is -2.19. The molecule has 1 N–H and O–H groups in total. The first-order valence-electron chi connectivity index (χ1n) is 5.79. The normalized spacial score (nSPS) is 25.9. The summed E-state index contributed by atoms with van der Waals surface area (Å²) < 4.78 is 5.72. The molecule has 1 aromatic heterocycles. The molecule has 2 heterocycles. The van der Waals surface area contributed by atoms with E-state index in [1.807, 2.05) is 11.8 Å². The minimum absolute atomic E-state index is 0.235. The minimum Gasteiger partial charge on any atom is -0.369 e. The van der Waals surface area contributed by atoms with Crippen LogP contribution in [0.1, 0.15) is 29.6 Å². The van der Waals surface area contributed by atoms with Gasteiger partial charge in [0.25, 0.3) is 0 Å². The maximum absolute atomic E-state index is 5.72. The highest BCUT2D eigenvalue weighted by molar-refractivity contribution is 7.99. The molecule has 2 fully saturated rings. The van der Waals surface area contributed by atoms with Crippen molar-refractivity contribution in [2.24, 2.45) is 0 Å². The number of thiazole rings is 1. The van der Waals surface area contributed by atoms with Crippen LogP contribution in [0.5, 0.6) is 0 Å². The van der Waals surface area contributed by atoms with Crippen molar-refractivity contribution in [1.29, 1.82) is 0 Å². The van der Waals surface area contributed by atoms with Crippen LogP contribution in [0.2, 0.25) is 0 Å². The lowest BCUT2D eigenvalue weighted by atomic mass is 10.4. The zero-order valence-corrected chi connectivity index (χ0v) is 10.8. The molecule has 0 spiro atoms. The Morgan fingerprint density at radius 1 is 1.50 bits per heavy atom. The summed E-state index contributed by atoms with van der Waals surface area (Å²) in [6, 6.07) is 0.756. The molecule has 0 bridgehead atoms. The van der Waals surface area contributed by atoms with Crippen molar-refractivity contribution in [3.8, 4) is 0 Å². The molecule has 0 radical (unpaired) electrons. The summed E-state index contributed by atoms with van der Waals surface area (Å²) in [5.41, 5.74) is 1.17. The van der Waals surface area contributed by atoms with E-state index in [1.54, 1.807) is 11.3 Å². The number of hydrogen-bond acceptors (Lipinski definition) is 5. The van der Waals surface area contributed by atoms with Crippen LogP contribution in [0.15, 0.2) is 5.38 Å². The molecular formula is C11H16N2OS2. The zero-order valence-electron chi connectivity index (χ0n) is 9.15. The fourth-order valence-corrected chi connectivity index (χ4v) is 3.54. The largest absolute Gasteiger partial charge is 0.369 e. The lowest BCUT2D eigenvalue weighted by molar-refractivity contribution is 0.0754. The molecule has 1 aliphatic carbocycles. The molecule has 1 saturated carbocycles. The standard InChI is InChI=1S/C11H16N2OS2/c1-2-8(1)12-5-9-6-16-11(13-9)10-7-15-4-3-14-10/h6,8,10,12H,1-5,7H2. The SMILES string of the molecule is c1sc(C2CSCCO2)nc1CNC1CC1. The molecule has 2 aliphatic rings. The molecular weight excluding hydrogens is 240 g/mol. The van der Waals surface area contributed by atoms with Crippen LogP contribution >= 0.6 is 23.1 Å². The fourth-order valence-electron chi connectivity index (χ4n) is 1.72. The van der Waals surface area contributed by atoms with E-state index in [1.165, 1.54) is 18.5 Å². The highest BCUT2D eigenvalue weighted by Crippen LogP contribution is 2.29. The van der Waals surface area contributed by atoms with Crippen molar-refractivity contribution in [2.75, 3.05) is 18.1 Å². The minimum atomic E-state index is 0.235. The van der Waals surface area contributed by atoms with Gasteiger partial charge >= 0.3 is 0 Å². The van der Waals surface area contributed by atoms with Crippen molar-refractivity contribution >= 4 is 23.1 Å². The molecule has 3 nitrogen and oxygen atoms in total. The van der Waals surface area contributed by atoms with Gasteiger partial charge < -0.3 is 10.1 Å². The van der Waals surface area contributed by atoms with Gasteiger partial charge in [0, 0.05) is 29.5 Å². The summed E-state index contributed by atoms with van der Waals surface area (Å²) in [5.74, 6) is 2.18. The summed E-state index contributed by atoms with van der Waals surface area (Å²) in [6.07, 6.45) is 2.90. The van der Waals surface area contributed by atoms with Crippen LogP contribution in [-0.4, -0.2) is 29.1 Å². The van der Waals surface area contributed by atoms with Gasteiger partial charge in [0.05, 0.1) is 12.3 Å². The molecule has 5 heteroatoms. The number of nitrogens with zero attached hydrogens (tertiary/aromatic N) is 1. The molecule has 3 rings (SSSR count).